The summed E-state index contributed by atoms with van der Waals surface area (Å²) < 4.78 is 0. The van der Waals surface area contributed by atoms with Gasteiger partial charge in [-0.1, -0.05) is 0 Å². The van der Waals surface area contributed by atoms with Crippen LogP contribution in [0.25, 0.3) is 0 Å². The lowest BCUT2D eigenvalue weighted by molar-refractivity contribution is 1.07. The van der Waals surface area contributed by atoms with E-state index in [1.165, 1.54) is 6.33 Å². The van der Waals surface area contributed by atoms with E-state index in [0.717, 1.165) is 5.56 Å². The number of aromatic nitrogens is 4. The molecule has 0 saturated carbocycles. The van der Waals surface area contributed by atoms with Crippen LogP contribution in [0.15, 0.2) is 23.5 Å². The molecule has 0 fully saturated rings. The van der Waals surface area contributed by atoms with Gasteiger partial charge in [0.15, 0.2) is 5.82 Å². The van der Waals surface area contributed by atoms with Crippen LogP contribution < -0.4 is 16.6 Å². The van der Waals surface area contributed by atoms with Crippen molar-refractivity contribution in [3.8, 4) is 0 Å². The first-order valence-electron chi connectivity index (χ1n) is 4.32. The summed E-state index contributed by atoms with van der Waals surface area (Å²) in [6.45, 7) is 0.511. The van der Waals surface area contributed by atoms with E-state index in [0.29, 0.717) is 12.4 Å². The zero-order valence-corrected chi connectivity index (χ0v) is 7.82. The van der Waals surface area contributed by atoms with Crippen molar-refractivity contribution in [1.29, 1.82) is 0 Å². The highest BCUT2D eigenvalue weighted by Crippen LogP contribution is 2.08. The number of nitrogens with one attached hydrogen (secondary N) is 3. The van der Waals surface area contributed by atoms with E-state index in [9.17, 15) is 4.79 Å². The average Bonchev–Trinajstić information content (AvgIpc) is 2.73. The van der Waals surface area contributed by atoms with Crippen molar-refractivity contribution in [3.05, 3.63) is 34.6 Å². The first kappa shape index (κ1) is 9.25. The molecule has 78 valence electrons. The highest BCUT2D eigenvalue weighted by atomic mass is 16.1. The molecule has 2 rings (SSSR count). The van der Waals surface area contributed by atoms with Crippen molar-refractivity contribution < 1.29 is 0 Å². The second-order valence-corrected chi connectivity index (χ2v) is 2.95. The molecule has 7 heteroatoms. The first-order valence-corrected chi connectivity index (χ1v) is 4.32. The summed E-state index contributed by atoms with van der Waals surface area (Å²) in [5.41, 5.74) is 6.22. The van der Waals surface area contributed by atoms with Crippen LogP contribution in [0.2, 0.25) is 0 Å². The zero-order valence-electron chi connectivity index (χ0n) is 7.82. The van der Waals surface area contributed by atoms with E-state index in [4.69, 9.17) is 5.73 Å². The molecule has 0 amide bonds. The van der Waals surface area contributed by atoms with Gasteiger partial charge in [0, 0.05) is 18.3 Å². The second kappa shape index (κ2) is 3.82. The average molecular weight is 206 g/mol. The Morgan fingerprint density at radius 1 is 1.53 bits per heavy atom. The van der Waals surface area contributed by atoms with E-state index in [1.807, 2.05) is 0 Å². The van der Waals surface area contributed by atoms with Gasteiger partial charge in [0.1, 0.15) is 5.69 Å². The SMILES string of the molecule is Nc1c(NCc2cn[nH]c2)nc[nH]c1=O. The van der Waals surface area contributed by atoms with Crippen LogP contribution in [-0.4, -0.2) is 20.2 Å². The molecule has 0 aliphatic rings. The lowest BCUT2D eigenvalue weighted by atomic mass is 10.3. The predicted octanol–water partition coefficient (Wildman–Crippen LogP) is -0.313. The van der Waals surface area contributed by atoms with Crippen molar-refractivity contribution in [2.24, 2.45) is 0 Å². The Balaban J connectivity index is 2.12. The topological polar surface area (TPSA) is 112 Å². The van der Waals surface area contributed by atoms with Crippen molar-refractivity contribution in [3.63, 3.8) is 0 Å². The van der Waals surface area contributed by atoms with Gasteiger partial charge >= 0.3 is 0 Å². The molecule has 0 saturated heterocycles. The number of nitrogens with two attached hydrogens (primary N) is 1. The van der Waals surface area contributed by atoms with Crippen LogP contribution in [0.4, 0.5) is 11.5 Å². The first-order chi connectivity index (χ1) is 7.27. The number of aromatic amines is 2. The van der Waals surface area contributed by atoms with Gasteiger partial charge in [-0.05, 0) is 0 Å². The smallest absolute Gasteiger partial charge is 0.276 e. The molecule has 2 aromatic rings. The second-order valence-electron chi connectivity index (χ2n) is 2.95. The maximum absolute atomic E-state index is 11.1. The van der Waals surface area contributed by atoms with E-state index >= 15 is 0 Å². The summed E-state index contributed by atoms with van der Waals surface area (Å²) in [5, 5.41) is 9.41. The molecular formula is C8H10N6O. The molecular weight excluding hydrogens is 196 g/mol. The number of anilines is 2. The lowest BCUT2D eigenvalue weighted by Crippen LogP contribution is -2.15. The minimum absolute atomic E-state index is 0.0843. The van der Waals surface area contributed by atoms with E-state index in [1.54, 1.807) is 12.4 Å². The molecule has 2 heterocycles. The minimum Gasteiger partial charge on any atom is -0.391 e. The monoisotopic (exact) mass is 206 g/mol. The van der Waals surface area contributed by atoms with Crippen molar-refractivity contribution in [1.82, 2.24) is 20.2 Å². The molecule has 0 aromatic carbocycles. The molecule has 0 aliphatic heterocycles. The predicted molar refractivity (Wildman–Crippen MR) is 55.2 cm³/mol. The standard InChI is InChI=1S/C8H10N6O/c9-6-7(11-4-12-8(6)15)10-1-5-2-13-14-3-5/h2-4H,1,9H2,(H,13,14)(H2,10,11,12,15). The Morgan fingerprint density at radius 3 is 3.13 bits per heavy atom. The molecule has 0 radical (unpaired) electrons. The van der Waals surface area contributed by atoms with Crippen LogP contribution in [0.5, 0.6) is 0 Å². The molecule has 0 aliphatic carbocycles. The summed E-state index contributed by atoms with van der Waals surface area (Å²) in [5.74, 6) is 0.375. The van der Waals surface area contributed by atoms with Crippen LogP contribution in [0, 0.1) is 0 Å². The van der Waals surface area contributed by atoms with E-state index in [2.05, 4.69) is 25.5 Å². The summed E-state index contributed by atoms with van der Waals surface area (Å²) in [4.78, 5) is 17.4. The Labute approximate surface area is 84.7 Å². The summed E-state index contributed by atoms with van der Waals surface area (Å²) in [6, 6.07) is 0. The Kier molecular flexibility index (Phi) is 2.36. The summed E-state index contributed by atoms with van der Waals surface area (Å²) in [7, 11) is 0. The third-order valence-corrected chi connectivity index (χ3v) is 1.90. The van der Waals surface area contributed by atoms with Gasteiger partial charge in [0.25, 0.3) is 5.56 Å². The maximum Gasteiger partial charge on any atom is 0.276 e. The Bertz CT molecular complexity index is 488. The van der Waals surface area contributed by atoms with E-state index < -0.39 is 0 Å². The van der Waals surface area contributed by atoms with Crippen molar-refractivity contribution >= 4 is 11.5 Å². The molecule has 7 nitrogen and oxygen atoms in total. The van der Waals surface area contributed by atoms with Gasteiger partial charge in [-0.15, -0.1) is 0 Å². The van der Waals surface area contributed by atoms with Crippen LogP contribution in [0.1, 0.15) is 5.56 Å². The Morgan fingerprint density at radius 2 is 2.40 bits per heavy atom. The molecule has 0 bridgehead atoms. The Hall–Kier alpha value is -2.31. The number of nitrogen functional groups attached to an aromatic ring is 1. The molecule has 2 aromatic heterocycles. The highest BCUT2D eigenvalue weighted by molar-refractivity contribution is 5.58. The minimum atomic E-state index is -0.348. The quantitative estimate of drug-likeness (QED) is 0.550. The van der Waals surface area contributed by atoms with Crippen LogP contribution in [-0.2, 0) is 6.54 Å². The fourth-order valence-electron chi connectivity index (χ4n) is 1.11. The van der Waals surface area contributed by atoms with Gasteiger partial charge in [0.2, 0.25) is 0 Å². The molecule has 0 spiro atoms. The summed E-state index contributed by atoms with van der Waals surface area (Å²) >= 11 is 0. The number of nitrogens with zero attached hydrogens (tertiary/aromatic N) is 2. The summed E-state index contributed by atoms with van der Waals surface area (Å²) in [6.07, 6.45) is 4.73. The molecule has 0 atom stereocenters. The molecule has 5 N–H and O–H groups in total. The maximum atomic E-state index is 11.1. The van der Waals surface area contributed by atoms with E-state index in [-0.39, 0.29) is 11.2 Å². The number of rotatable bonds is 3. The van der Waals surface area contributed by atoms with Crippen molar-refractivity contribution in [2.75, 3.05) is 11.1 Å². The zero-order chi connectivity index (χ0) is 10.7. The van der Waals surface area contributed by atoms with Gasteiger partial charge in [0.05, 0.1) is 12.5 Å². The molecule has 15 heavy (non-hydrogen) atoms. The number of hydrogen-bond donors (Lipinski definition) is 4. The van der Waals surface area contributed by atoms with Crippen LogP contribution >= 0.6 is 0 Å². The van der Waals surface area contributed by atoms with Crippen LogP contribution in [0.3, 0.4) is 0 Å². The number of hydrogen-bond acceptors (Lipinski definition) is 5. The molecule has 0 unspecified atom stereocenters. The lowest BCUT2D eigenvalue weighted by Gasteiger charge is -2.04. The van der Waals surface area contributed by atoms with Gasteiger partial charge < -0.3 is 16.0 Å². The van der Waals surface area contributed by atoms with Gasteiger partial charge in [-0.2, -0.15) is 5.10 Å². The largest absolute Gasteiger partial charge is 0.391 e. The fraction of sp³-hybridized carbons (Fsp3) is 0.125. The number of H-pyrrole nitrogens is 2. The third kappa shape index (κ3) is 1.96. The van der Waals surface area contributed by atoms with Gasteiger partial charge in [-0.3, -0.25) is 9.89 Å². The van der Waals surface area contributed by atoms with Crippen molar-refractivity contribution in [2.45, 2.75) is 6.54 Å². The normalized spacial score (nSPS) is 10.1. The highest BCUT2D eigenvalue weighted by Gasteiger charge is 2.03. The fourth-order valence-corrected chi connectivity index (χ4v) is 1.11. The third-order valence-electron chi connectivity index (χ3n) is 1.90. The van der Waals surface area contributed by atoms with Gasteiger partial charge in [-0.25, -0.2) is 4.98 Å².